The predicted molar refractivity (Wildman–Crippen MR) is 90.7 cm³/mol. The highest BCUT2D eigenvalue weighted by Crippen LogP contribution is 2.26. The van der Waals surface area contributed by atoms with Gasteiger partial charge >= 0.3 is 0 Å². The average Bonchev–Trinajstić information content (AvgIpc) is 2.95. The van der Waals surface area contributed by atoms with Gasteiger partial charge in [-0.05, 0) is 57.6 Å². The Hall–Kier alpha value is -0.870. The number of rotatable bonds is 5. The average molecular weight is 353 g/mol. The smallest absolute Gasteiger partial charge is 0.254 e. The summed E-state index contributed by atoms with van der Waals surface area (Å²) in [6.45, 7) is 3.75. The van der Waals surface area contributed by atoms with E-state index in [4.69, 9.17) is 0 Å². The second kappa shape index (κ2) is 7.41. The van der Waals surface area contributed by atoms with Gasteiger partial charge in [0.15, 0.2) is 0 Å². The molecule has 0 bridgehead atoms. The van der Waals surface area contributed by atoms with Crippen LogP contribution in [-0.4, -0.2) is 48.9 Å². The third-order valence-electron chi connectivity index (χ3n) is 4.22. The quantitative estimate of drug-likeness (QED) is 0.806. The van der Waals surface area contributed by atoms with Crippen molar-refractivity contribution in [2.24, 2.45) is 0 Å². The largest absolute Gasteiger partial charge is 0.334 e. The lowest BCUT2D eigenvalue weighted by atomic mass is 10.1. The van der Waals surface area contributed by atoms with Crippen LogP contribution in [0.1, 0.15) is 41.6 Å². The van der Waals surface area contributed by atoms with Gasteiger partial charge in [-0.1, -0.05) is 28.8 Å². The lowest BCUT2D eigenvalue weighted by Crippen LogP contribution is -2.42. The number of benzene rings is 1. The summed E-state index contributed by atoms with van der Waals surface area (Å²) in [7, 11) is 4.11. The molecule has 3 nitrogen and oxygen atoms in total. The topological polar surface area (TPSA) is 23.6 Å². The van der Waals surface area contributed by atoms with E-state index in [-0.39, 0.29) is 5.91 Å². The van der Waals surface area contributed by atoms with Crippen LogP contribution in [0.4, 0.5) is 0 Å². The lowest BCUT2D eigenvalue weighted by molar-refractivity contribution is 0.0667. The molecule has 116 valence electrons. The Morgan fingerprint density at radius 2 is 1.90 bits per heavy atom. The molecule has 1 aliphatic rings. The van der Waals surface area contributed by atoms with Gasteiger partial charge in [-0.3, -0.25) is 4.79 Å². The van der Waals surface area contributed by atoms with Gasteiger partial charge in [0.1, 0.15) is 0 Å². The van der Waals surface area contributed by atoms with E-state index in [1.807, 2.05) is 25.1 Å². The first-order valence-electron chi connectivity index (χ1n) is 7.71. The molecule has 4 heteroatoms. The SMILES string of the molecule is Cc1cc(C(=O)N(CCN(C)C)C2CCCC2)ccc1Br. The summed E-state index contributed by atoms with van der Waals surface area (Å²) in [5.41, 5.74) is 1.92. The Kier molecular flexibility index (Phi) is 5.82. The number of nitrogens with zero attached hydrogens (tertiary/aromatic N) is 2. The van der Waals surface area contributed by atoms with Crippen LogP contribution in [0.2, 0.25) is 0 Å². The molecule has 0 aliphatic heterocycles. The maximum atomic E-state index is 12.9. The van der Waals surface area contributed by atoms with Crippen LogP contribution in [0.25, 0.3) is 0 Å². The fourth-order valence-corrected chi connectivity index (χ4v) is 3.16. The maximum Gasteiger partial charge on any atom is 0.254 e. The Bertz CT molecular complexity index is 496. The first kappa shape index (κ1) is 16.5. The minimum atomic E-state index is 0.180. The monoisotopic (exact) mass is 352 g/mol. The second-order valence-corrected chi connectivity index (χ2v) is 7.06. The van der Waals surface area contributed by atoms with Crippen molar-refractivity contribution < 1.29 is 4.79 Å². The van der Waals surface area contributed by atoms with Gasteiger partial charge in [0.2, 0.25) is 0 Å². The number of hydrogen-bond donors (Lipinski definition) is 0. The summed E-state index contributed by atoms with van der Waals surface area (Å²) in [5, 5.41) is 0. The number of carbonyl (C=O) groups excluding carboxylic acids is 1. The van der Waals surface area contributed by atoms with Crippen LogP contribution in [-0.2, 0) is 0 Å². The van der Waals surface area contributed by atoms with E-state index in [2.05, 4.69) is 39.8 Å². The number of likely N-dealkylation sites (N-methyl/N-ethyl adjacent to an activating group) is 1. The molecule has 0 radical (unpaired) electrons. The summed E-state index contributed by atoms with van der Waals surface area (Å²) >= 11 is 3.50. The van der Waals surface area contributed by atoms with E-state index in [1.165, 1.54) is 12.8 Å². The van der Waals surface area contributed by atoms with E-state index >= 15 is 0 Å². The van der Waals surface area contributed by atoms with E-state index in [9.17, 15) is 4.79 Å². The van der Waals surface area contributed by atoms with Crippen molar-refractivity contribution in [3.05, 3.63) is 33.8 Å². The second-order valence-electron chi connectivity index (χ2n) is 6.20. The molecule has 1 amide bonds. The summed E-state index contributed by atoms with van der Waals surface area (Å²) in [5.74, 6) is 0.180. The number of aryl methyl sites for hydroxylation is 1. The van der Waals surface area contributed by atoms with E-state index < -0.39 is 0 Å². The molecule has 1 aromatic rings. The van der Waals surface area contributed by atoms with Gasteiger partial charge in [-0.15, -0.1) is 0 Å². The Morgan fingerprint density at radius 1 is 1.24 bits per heavy atom. The molecule has 0 unspecified atom stereocenters. The maximum absolute atomic E-state index is 12.9. The van der Waals surface area contributed by atoms with Crippen LogP contribution < -0.4 is 0 Å². The standard InChI is InChI=1S/C17H25BrN2O/c1-13-12-14(8-9-16(13)18)17(21)20(11-10-19(2)3)15-6-4-5-7-15/h8-9,12,15H,4-7,10-11H2,1-3H3. The van der Waals surface area contributed by atoms with Gasteiger partial charge in [0.05, 0.1) is 0 Å². The molecule has 0 aromatic heterocycles. The van der Waals surface area contributed by atoms with Gasteiger partial charge in [0, 0.05) is 29.2 Å². The predicted octanol–water partition coefficient (Wildman–Crippen LogP) is 3.70. The molecular formula is C17H25BrN2O. The summed E-state index contributed by atoms with van der Waals surface area (Å²) in [6, 6.07) is 6.31. The molecule has 1 aromatic carbocycles. The number of halogens is 1. The molecule has 21 heavy (non-hydrogen) atoms. The van der Waals surface area contributed by atoms with Crippen molar-refractivity contribution in [3.63, 3.8) is 0 Å². The fraction of sp³-hybridized carbons (Fsp3) is 0.588. The van der Waals surface area contributed by atoms with Crippen molar-refractivity contribution >= 4 is 21.8 Å². The molecule has 0 heterocycles. The highest BCUT2D eigenvalue weighted by Gasteiger charge is 2.27. The molecule has 1 aliphatic carbocycles. The Balaban J connectivity index is 2.17. The molecule has 0 N–H and O–H groups in total. The van der Waals surface area contributed by atoms with Crippen molar-refractivity contribution in [3.8, 4) is 0 Å². The molecule has 2 rings (SSSR count). The van der Waals surface area contributed by atoms with Crippen LogP contribution >= 0.6 is 15.9 Å². The molecule has 0 atom stereocenters. The van der Waals surface area contributed by atoms with Gasteiger partial charge < -0.3 is 9.80 Å². The highest BCUT2D eigenvalue weighted by atomic mass is 79.9. The highest BCUT2D eigenvalue weighted by molar-refractivity contribution is 9.10. The third-order valence-corrected chi connectivity index (χ3v) is 5.11. The summed E-state index contributed by atoms with van der Waals surface area (Å²) in [6.07, 6.45) is 4.79. The summed E-state index contributed by atoms with van der Waals surface area (Å²) in [4.78, 5) is 17.1. The zero-order valence-electron chi connectivity index (χ0n) is 13.2. The first-order valence-corrected chi connectivity index (χ1v) is 8.50. The van der Waals surface area contributed by atoms with Crippen LogP contribution in [0.5, 0.6) is 0 Å². The van der Waals surface area contributed by atoms with Gasteiger partial charge in [-0.25, -0.2) is 0 Å². The van der Waals surface area contributed by atoms with Crippen molar-refractivity contribution in [1.82, 2.24) is 9.80 Å². The van der Waals surface area contributed by atoms with Crippen molar-refractivity contribution in [2.75, 3.05) is 27.2 Å². The van der Waals surface area contributed by atoms with Crippen molar-refractivity contribution in [2.45, 2.75) is 38.6 Å². The number of carbonyl (C=O) groups is 1. The molecule has 1 saturated carbocycles. The van der Waals surface area contributed by atoms with Crippen LogP contribution in [0.15, 0.2) is 22.7 Å². The van der Waals surface area contributed by atoms with E-state index in [0.29, 0.717) is 6.04 Å². The van der Waals surface area contributed by atoms with Gasteiger partial charge in [-0.2, -0.15) is 0 Å². The summed E-state index contributed by atoms with van der Waals surface area (Å²) < 4.78 is 1.06. The Labute approximate surface area is 136 Å². The number of hydrogen-bond acceptors (Lipinski definition) is 2. The zero-order chi connectivity index (χ0) is 15.4. The normalized spacial score (nSPS) is 15.7. The lowest BCUT2D eigenvalue weighted by Gasteiger charge is -2.30. The molecule has 0 saturated heterocycles. The van der Waals surface area contributed by atoms with Gasteiger partial charge in [0.25, 0.3) is 5.91 Å². The minimum Gasteiger partial charge on any atom is -0.334 e. The van der Waals surface area contributed by atoms with E-state index in [0.717, 1.165) is 41.5 Å². The third kappa shape index (κ3) is 4.30. The minimum absolute atomic E-state index is 0.180. The van der Waals surface area contributed by atoms with Crippen LogP contribution in [0.3, 0.4) is 0 Å². The Morgan fingerprint density at radius 3 is 2.48 bits per heavy atom. The first-order chi connectivity index (χ1) is 9.99. The fourth-order valence-electron chi connectivity index (χ4n) is 2.92. The molecule has 1 fully saturated rings. The number of amides is 1. The van der Waals surface area contributed by atoms with Crippen molar-refractivity contribution in [1.29, 1.82) is 0 Å². The molecular weight excluding hydrogens is 328 g/mol. The van der Waals surface area contributed by atoms with E-state index in [1.54, 1.807) is 0 Å². The molecule has 0 spiro atoms. The van der Waals surface area contributed by atoms with Crippen LogP contribution in [0, 0.1) is 6.92 Å². The zero-order valence-corrected chi connectivity index (χ0v) is 14.8.